The molecular weight excluding hydrogens is 338 g/mol. The van der Waals surface area contributed by atoms with E-state index < -0.39 is 0 Å². The molecular formula is C18H19N3OS2. The van der Waals surface area contributed by atoms with Crippen LogP contribution in [0.15, 0.2) is 46.5 Å². The summed E-state index contributed by atoms with van der Waals surface area (Å²) in [4.78, 5) is 13.2. The summed E-state index contributed by atoms with van der Waals surface area (Å²) in [5.74, 6) is -0.0924. The molecule has 0 saturated carbocycles. The van der Waals surface area contributed by atoms with Crippen molar-refractivity contribution < 1.29 is 4.79 Å². The Kier molecular flexibility index (Phi) is 5.27. The van der Waals surface area contributed by atoms with E-state index in [0.29, 0.717) is 6.54 Å². The molecule has 3 rings (SSSR count). The molecule has 0 aliphatic heterocycles. The number of nitrogens with one attached hydrogen (secondary N) is 1. The van der Waals surface area contributed by atoms with Crippen LogP contribution in [-0.2, 0) is 4.79 Å². The fourth-order valence-electron chi connectivity index (χ4n) is 2.57. The number of carbonyl (C=O) groups is 1. The zero-order valence-electron chi connectivity index (χ0n) is 13.6. The molecule has 3 aromatic rings. The molecule has 0 aliphatic carbocycles. The molecule has 0 radical (unpaired) electrons. The molecule has 0 fully saturated rings. The molecule has 0 saturated heterocycles. The number of hydrogen-bond donors (Lipinski definition) is 1. The van der Waals surface area contributed by atoms with Crippen molar-refractivity contribution in [2.75, 3.05) is 6.54 Å². The average Bonchev–Trinajstić information content (AvgIpc) is 3.29. The van der Waals surface area contributed by atoms with Gasteiger partial charge in [-0.1, -0.05) is 6.07 Å². The lowest BCUT2D eigenvalue weighted by molar-refractivity contribution is -0.116. The number of hydrogen-bond acceptors (Lipinski definition) is 4. The first kappa shape index (κ1) is 16.7. The fraction of sp³-hybridized carbons (Fsp3) is 0.222. The summed E-state index contributed by atoms with van der Waals surface area (Å²) >= 11 is 3.26. The van der Waals surface area contributed by atoms with E-state index in [9.17, 15) is 4.79 Å². The van der Waals surface area contributed by atoms with Crippen LogP contribution in [0.4, 0.5) is 0 Å². The Balaban J connectivity index is 1.71. The monoisotopic (exact) mass is 357 g/mol. The summed E-state index contributed by atoms with van der Waals surface area (Å²) in [6, 6.07) is 8.09. The maximum absolute atomic E-state index is 12.1. The van der Waals surface area contributed by atoms with Crippen molar-refractivity contribution in [1.29, 1.82) is 0 Å². The summed E-state index contributed by atoms with van der Waals surface area (Å²) in [5.41, 5.74) is 3.23. The molecule has 1 atom stereocenters. The highest BCUT2D eigenvalue weighted by Crippen LogP contribution is 2.22. The van der Waals surface area contributed by atoms with Crippen molar-refractivity contribution in [2.45, 2.75) is 19.9 Å². The van der Waals surface area contributed by atoms with Crippen molar-refractivity contribution >= 4 is 34.7 Å². The first-order valence-electron chi connectivity index (χ1n) is 7.68. The molecule has 0 aliphatic rings. The molecule has 0 aromatic carbocycles. The van der Waals surface area contributed by atoms with Crippen LogP contribution >= 0.6 is 22.7 Å². The van der Waals surface area contributed by atoms with E-state index in [4.69, 9.17) is 0 Å². The van der Waals surface area contributed by atoms with Crippen molar-refractivity contribution in [1.82, 2.24) is 15.1 Å². The maximum Gasteiger partial charge on any atom is 0.244 e. The van der Waals surface area contributed by atoms with Crippen molar-refractivity contribution in [3.63, 3.8) is 0 Å². The van der Waals surface area contributed by atoms with Gasteiger partial charge < -0.3 is 5.32 Å². The Labute approximate surface area is 149 Å². The first-order chi connectivity index (χ1) is 11.6. The van der Waals surface area contributed by atoms with E-state index in [1.165, 1.54) is 0 Å². The Bertz CT molecular complexity index is 817. The van der Waals surface area contributed by atoms with Gasteiger partial charge in [0.05, 0.1) is 11.7 Å². The summed E-state index contributed by atoms with van der Waals surface area (Å²) in [6.07, 6.45) is 3.42. The number of carbonyl (C=O) groups excluding carboxylic acids is 1. The molecule has 3 heterocycles. The molecule has 0 bridgehead atoms. The number of thiophene rings is 2. The van der Waals surface area contributed by atoms with Gasteiger partial charge >= 0.3 is 0 Å². The van der Waals surface area contributed by atoms with Crippen molar-refractivity contribution in [2.24, 2.45) is 0 Å². The molecule has 1 amide bonds. The van der Waals surface area contributed by atoms with Crippen LogP contribution in [-0.4, -0.2) is 22.2 Å². The Morgan fingerprint density at radius 2 is 2.25 bits per heavy atom. The molecule has 4 nitrogen and oxygen atoms in total. The second-order valence-electron chi connectivity index (χ2n) is 5.54. The molecule has 0 unspecified atom stereocenters. The van der Waals surface area contributed by atoms with Gasteiger partial charge in [0.25, 0.3) is 0 Å². The number of aromatic nitrogens is 2. The minimum atomic E-state index is -0.0924. The highest BCUT2D eigenvalue weighted by atomic mass is 32.1. The van der Waals surface area contributed by atoms with Crippen molar-refractivity contribution in [3.8, 4) is 0 Å². The highest BCUT2D eigenvalue weighted by Gasteiger charge is 2.18. The van der Waals surface area contributed by atoms with Crippen LogP contribution in [0.25, 0.3) is 6.08 Å². The number of aryl methyl sites for hydroxylation is 2. The number of nitrogens with zero attached hydrogens (tertiary/aromatic N) is 2. The predicted octanol–water partition coefficient (Wildman–Crippen LogP) is 4.04. The smallest absolute Gasteiger partial charge is 0.244 e. The third kappa shape index (κ3) is 4.01. The van der Waals surface area contributed by atoms with Gasteiger partial charge in [-0.2, -0.15) is 16.4 Å². The fourth-order valence-corrected chi connectivity index (χ4v) is 3.90. The Morgan fingerprint density at radius 1 is 1.38 bits per heavy atom. The molecule has 6 heteroatoms. The second-order valence-corrected chi connectivity index (χ2v) is 7.30. The molecule has 124 valence electrons. The van der Waals surface area contributed by atoms with E-state index in [1.807, 2.05) is 47.5 Å². The zero-order chi connectivity index (χ0) is 16.9. The van der Waals surface area contributed by atoms with E-state index in [-0.39, 0.29) is 11.9 Å². The van der Waals surface area contributed by atoms with Gasteiger partial charge in [0.2, 0.25) is 5.91 Å². The van der Waals surface area contributed by atoms with Crippen LogP contribution in [0.2, 0.25) is 0 Å². The minimum Gasteiger partial charge on any atom is -0.350 e. The standard InChI is InChI=1S/C18H19N3OS2/c1-13-10-14(2)21(20-13)17(15-7-9-23-12-15)11-19-18(22)6-5-16-4-3-8-24-16/h3-10,12,17H,11H2,1-2H3,(H,19,22)/b6-5+/t17-/m1/s1. The van der Waals surface area contributed by atoms with Crippen LogP contribution in [0, 0.1) is 13.8 Å². The average molecular weight is 358 g/mol. The SMILES string of the molecule is Cc1cc(C)n([C@H](CNC(=O)/C=C/c2cccs2)c2ccsc2)n1. The van der Waals surface area contributed by atoms with Gasteiger partial charge in [0.15, 0.2) is 0 Å². The lowest BCUT2D eigenvalue weighted by atomic mass is 10.1. The van der Waals surface area contributed by atoms with Crippen molar-refractivity contribution in [3.05, 3.63) is 68.3 Å². The van der Waals surface area contributed by atoms with Gasteiger partial charge in [-0.3, -0.25) is 9.48 Å². The highest BCUT2D eigenvalue weighted by molar-refractivity contribution is 7.10. The van der Waals surface area contributed by atoms with E-state index in [1.54, 1.807) is 28.7 Å². The lowest BCUT2D eigenvalue weighted by Gasteiger charge is -2.18. The second kappa shape index (κ2) is 7.59. The topological polar surface area (TPSA) is 46.9 Å². The van der Waals surface area contributed by atoms with Crippen LogP contribution in [0.5, 0.6) is 0 Å². The van der Waals surface area contributed by atoms with Crippen LogP contribution in [0.1, 0.15) is 27.9 Å². The molecule has 1 N–H and O–H groups in total. The summed E-state index contributed by atoms with van der Waals surface area (Å²) in [7, 11) is 0. The number of rotatable bonds is 6. The quantitative estimate of drug-likeness (QED) is 0.677. The summed E-state index contributed by atoms with van der Waals surface area (Å²) in [6.45, 7) is 4.53. The van der Waals surface area contributed by atoms with E-state index >= 15 is 0 Å². The number of amides is 1. The van der Waals surface area contributed by atoms with Gasteiger partial charge in [0, 0.05) is 23.2 Å². The van der Waals surface area contributed by atoms with Gasteiger partial charge in [-0.25, -0.2) is 0 Å². The minimum absolute atomic E-state index is 0.00374. The summed E-state index contributed by atoms with van der Waals surface area (Å²) < 4.78 is 1.99. The van der Waals surface area contributed by atoms with E-state index in [0.717, 1.165) is 21.8 Å². The maximum atomic E-state index is 12.1. The van der Waals surface area contributed by atoms with Gasteiger partial charge in [-0.15, -0.1) is 11.3 Å². The van der Waals surface area contributed by atoms with E-state index in [2.05, 4.69) is 27.9 Å². The zero-order valence-corrected chi connectivity index (χ0v) is 15.2. The normalized spacial score (nSPS) is 12.6. The molecule has 24 heavy (non-hydrogen) atoms. The first-order valence-corrected chi connectivity index (χ1v) is 9.50. The third-order valence-electron chi connectivity index (χ3n) is 3.68. The summed E-state index contributed by atoms with van der Waals surface area (Å²) in [5, 5.41) is 13.7. The molecule has 3 aromatic heterocycles. The Morgan fingerprint density at radius 3 is 2.88 bits per heavy atom. The Hall–Kier alpha value is -2.18. The third-order valence-corrected chi connectivity index (χ3v) is 5.22. The largest absolute Gasteiger partial charge is 0.350 e. The molecule has 0 spiro atoms. The lowest BCUT2D eigenvalue weighted by Crippen LogP contribution is -2.30. The predicted molar refractivity (Wildman–Crippen MR) is 101 cm³/mol. The van der Waals surface area contributed by atoms with Crippen LogP contribution in [0.3, 0.4) is 0 Å². The van der Waals surface area contributed by atoms with Crippen LogP contribution < -0.4 is 5.32 Å². The van der Waals surface area contributed by atoms with Gasteiger partial charge in [0.1, 0.15) is 0 Å². The van der Waals surface area contributed by atoms with Gasteiger partial charge in [-0.05, 0) is 59.8 Å².